The lowest BCUT2D eigenvalue weighted by molar-refractivity contribution is -0.116. The third-order valence-electron chi connectivity index (χ3n) is 4.04. The summed E-state index contributed by atoms with van der Waals surface area (Å²) >= 11 is 12.0. The van der Waals surface area contributed by atoms with Crippen molar-refractivity contribution in [3.63, 3.8) is 0 Å². The average Bonchev–Trinajstić information content (AvgIpc) is 3.34. The molecule has 1 aliphatic carbocycles. The second-order valence-electron chi connectivity index (χ2n) is 6.29. The Bertz CT molecular complexity index is 818. The molecule has 0 unspecified atom stereocenters. The monoisotopic (exact) mass is 395 g/mol. The van der Waals surface area contributed by atoms with Gasteiger partial charge in [0, 0.05) is 23.6 Å². The highest BCUT2D eigenvalue weighted by Gasteiger charge is 2.30. The third kappa shape index (κ3) is 4.56. The van der Waals surface area contributed by atoms with Crippen LogP contribution in [0.2, 0.25) is 10.0 Å². The summed E-state index contributed by atoms with van der Waals surface area (Å²) in [6, 6.07) is 6.47. The minimum absolute atomic E-state index is 0.110. The first kappa shape index (κ1) is 18.7. The van der Waals surface area contributed by atoms with E-state index in [1.165, 1.54) is 4.90 Å². The molecule has 26 heavy (non-hydrogen) atoms. The van der Waals surface area contributed by atoms with Crippen LogP contribution < -0.4 is 5.32 Å². The van der Waals surface area contributed by atoms with Gasteiger partial charge in [0.15, 0.2) is 5.69 Å². The molecular weight excluding hydrogens is 377 g/mol. The van der Waals surface area contributed by atoms with Crippen LogP contribution in [0.1, 0.15) is 48.4 Å². The van der Waals surface area contributed by atoms with Gasteiger partial charge >= 0.3 is 0 Å². The van der Waals surface area contributed by atoms with Gasteiger partial charge in [-0.05, 0) is 37.5 Å². The van der Waals surface area contributed by atoms with Crippen LogP contribution in [0.15, 0.2) is 28.8 Å². The number of amides is 2. The molecular formula is C18H19Cl2N3O3. The maximum Gasteiger partial charge on any atom is 0.276 e. The fraction of sp³-hybridized carbons (Fsp3) is 0.389. The van der Waals surface area contributed by atoms with E-state index in [4.69, 9.17) is 27.7 Å². The largest absolute Gasteiger partial charge is 0.360 e. The molecule has 1 aliphatic rings. The van der Waals surface area contributed by atoms with Crippen LogP contribution in [0.3, 0.4) is 0 Å². The molecule has 0 radical (unpaired) electrons. The van der Waals surface area contributed by atoms with Gasteiger partial charge < -0.3 is 14.7 Å². The van der Waals surface area contributed by atoms with Gasteiger partial charge in [0.2, 0.25) is 5.91 Å². The highest BCUT2D eigenvalue weighted by Crippen LogP contribution is 2.40. The highest BCUT2D eigenvalue weighted by molar-refractivity contribution is 6.35. The molecule has 138 valence electrons. The number of benzene rings is 1. The molecule has 2 amide bonds. The molecule has 1 saturated carbocycles. The van der Waals surface area contributed by atoms with Gasteiger partial charge in [-0.25, -0.2) is 0 Å². The summed E-state index contributed by atoms with van der Waals surface area (Å²) in [5.74, 6) is 0.425. The first-order valence-electron chi connectivity index (χ1n) is 8.48. The number of anilines is 1. The molecule has 1 aromatic heterocycles. The van der Waals surface area contributed by atoms with Crippen molar-refractivity contribution in [1.82, 2.24) is 10.1 Å². The molecule has 1 heterocycles. The second kappa shape index (κ2) is 8.10. The van der Waals surface area contributed by atoms with Gasteiger partial charge in [-0.2, -0.15) is 0 Å². The smallest absolute Gasteiger partial charge is 0.276 e. The predicted molar refractivity (Wildman–Crippen MR) is 99.8 cm³/mol. The Morgan fingerprint density at radius 1 is 1.31 bits per heavy atom. The number of nitrogens with one attached hydrogen (secondary N) is 1. The van der Waals surface area contributed by atoms with Gasteiger partial charge in [0.05, 0.1) is 10.7 Å². The zero-order valence-electron chi connectivity index (χ0n) is 14.3. The highest BCUT2D eigenvalue weighted by atomic mass is 35.5. The molecule has 0 bridgehead atoms. The van der Waals surface area contributed by atoms with E-state index in [9.17, 15) is 9.59 Å². The fourth-order valence-electron chi connectivity index (χ4n) is 2.59. The lowest BCUT2D eigenvalue weighted by Gasteiger charge is -2.20. The van der Waals surface area contributed by atoms with Crippen molar-refractivity contribution in [2.24, 2.45) is 0 Å². The molecule has 1 fully saturated rings. The summed E-state index contributed by atoms with van der Waals surface area (Å²) in [6.07, 6.45) is 2.83. The van der Waals surface area contributed by atoms with Crippen LogP contribution in [-0.4, -0.2) is 35.0 Å². The Labute approximate surface area is 161 Å². The van der Waals surface area contributed by atoms with E-state index in [1.54, 1.807) is 24.3 Å². The molecule has 0 atom stereocenters. The number of aromatic nitrogens is 1. The topological polar surface area (TPSA) is 75.4 Å². The van der Waals surface area contributed by atoms with Crippen LogP contribution in [-0.2, 0) is 4.79 Å². The van der Waals surface area contributed by atoms with Crippen molar-refractivity contribution < 1.29 is 14.1 Å². The summed E-state index contributed by atoms with van der Waals surface area (Å²) in [5.41, 5.74) is 0.638. The molecule has 1 aromatic carbocycles. The Morgan fingerprint density at radius 2 is 2.08 bits per heavy atom. The Morgan fingerprint density at radius 3 is 2.77 bits per heavy atom. The molecule has 0 spiro atoms. The van der Waals surface area contributed by atoms with Gasteiger partial charge in [0.25, 0.3) is 5.91 Å². The summed E-state index contributed by atoms with van der Waals surface area (Å²) < 4.78 is 5.24. The molecule has 8 heteroatoms. The van der Waals surface area contributed by atoms with Crippen molar-refractivity contribution in [3.8, 4) is 0 Å². The number of carbonyl (C=O) groups is 2. The Balaban J connectivity index is 1.67. The Kier molecular flexibility index (Phi) is 5.84. The zero-order valence-corrected chi connectivity index (χ0v) is 15.8. The summed E-state index contributed by atoms with van der Waals surface area (Å²) in [5, 5.41) is 7.38. The van der Waals surface area contributed by atoms with Crippen molar-refractivity contribution in [3.05, 3.63) is 45.8 Å². The quantitative estimate of drug-likeness (QED) is 0.755. The predicted octanol–water partition coefficient (Wildman–Crippen LogP) is 4.35. The van der Waals surface area contributed by atoms with E-state index < -0.39 is 0 Å². The van der Waals surface area contributed by atoms with E-state index in [0.29, 0.717) is 34.6 Å². The molecule has 0 saturated heterocycles. The minimum atomic E-state index is -0.359. The van der Waals surface area contributed by atoms with Crippen molar-refractivity contribution >= 4 is 40.7 Å². The second-order valence-corrected chi connectivity index (χ2v) is 7.13. The number of hydrogen-bond donors (Lipinski definition) is 1. The molecule has 2 aromatic rings. The number of rotatable bonds is 7. The average molecular weight is 396 g/mol. The molecule has 3 rings (SSSR count). The lowest BCUT2D eigenvalue weighted by Crippen LogP contribution is -2.38. The number of carbonyl (C=O) groups excluding carboxylic acids is 2. The van der Waals surface area contributed by atoms with Gasteiger partial charge in [-0.3, -0.25) is 9.59 Å². The van der Waals surface area contributed by atoms with Crippen molar-refractivity contribution in [1.29, 1.82) is 0 Å². The maximum absolute atomic E-state index is 12.7. The van der Waals surface area contributed by atoms with Crippen LogP contribution >= 0.6 is 23.2 Å². The normalized spacial score (nSPS) is 13.5. The molecule has 6 nitrogen and oxygen atoms in total. The first-order valence-corrected chi connectivity index (χ1v) is 9.24. The minimum Gasteiger partial charge on any atom is -0.360 e. The molecule has 0 aliphatic heterocycles. The SMILES string of the molecule is CCCN(CC(=O)Nc1cc(Cl)ccc1Cl)C(=O)c1cc(C2CC2)on1. The first-order chi connectivity index (χ1) is 12.5. The summed E-state index contributed by atoms with van der Waals surface area (Å²) in [4.78, 5) is 26.5. The van der Waals surface area contributed by atoms with Crippen LogP contribution in [0.25, 0.3) is 0 Å². The fourth-order valence-corrected chi connectivity index (χ4v) is 2.93. The van der Waals surface area contributed by atoms with E-state index >= 15 is 0 Å². The van der Waals surface area contributed by atoms with Crippen molar-refractivity contribution in [2.45, 2.75) is 32.1 Å². The van der Waals surface area contributed by atoms with E-state index in [-0.39, 0.29) is 24.1 Å². The lowest BCUT2D eigenvalue weighted by atomic mass is 10.2. The molecule has 1 N–H and O–H groups in total. The maximum atomic E-state index is 12.7. The van der Waals surface area contributed by atoms with Crippen molar-refractivity contribution in [2.75, 3.05) is 18.4 Å². The number of hydrogen-bond acceptors (Lipinski definition) is 4. The zero-order chi connectivity index (χ0) is 18.7. The Hall–Kier alpha value is -2.05. The number of halogens is 2. The summed E-state index contributed by atoms with van der Waals surface area (Å²) in [7, 11) is 0. The van der Waals surface area contributed by atoms with E-state index in [0.717, 1.165) is 18.6 Å². The van der Waals surface area contributed by atoms with Crippen LogP contribution in [0.4, 0.5) is 5.69 Å². The van der Waals surface area contributed by atoms with Crippen LogP contribution in [0, 0.1) is 0 Å². The standard InChI is InChI=1S/C18H19Cl2N3O3/c1-2-7-23(18(25)15-9-16(26-22-15)11-3-4-11)10-17(24)21-14-8-12(19)5-6-13(14)20/h5-6,8-9,11H,2-4,7,10H2,1H3,(H,21,24). The van der Waals surface area contributed by atoms with Gasteiger partial charge in [-0.1, -0.05) is 35.3 Å². The third-order valence-corrected chi connectivity index (χ3v) is 4.61. The number of nitrogens with zero attached hydrogens (tertiary/aromatic N) is 2. The van der Waals surface area contributed by atoms with Gasteiger partial charge in [-0.15, -0.1) is 0 Å². The van der Waals surface area contributed by atoms with E-state index in [2.05, 4.69) is 10.5 Å². The van der Waals surface area contributed by atoms with E-state index in [1.807, 2.05) is 6.92 Å². The van der Waals surface area contributed by atoms with Gasteiger partial charge in [0.1, 0.15) is 12.3 Å². The summed E-state index contributed by atoms with van der Waals surface area (Å²) in [6.45, 7) is 2.26. The van der Waals surface area contributed by atoms with Crippen LogP contribution in [0.5, 0.6) is 0 Å².